The molecule has 0 saturated heterocycles. The number of carbonyl (C=O) groups excluding carboxylic acids is 1. The zero-order valence-corrected chi connectivity index (χ0v) is 14.3. The number of aromatic nitrogens is 2. The predicted molar refractivity (Wildman–Crippen MR) is 98.7 cm³/mol. The molecule has 130 valence electrons. The summed E-state index contributed by atoms with van der Waals surface area (Å²) < 4.78 is 10.6. The van der Waals surface area contributed by atoms with E-state index in [0.29, 0.717) is 16.6 Å². The number of fused-ring (bicyclic) bond motifs is 1. The van der Waals surface area contributed by atoms with Gasteiger partial charge in [-0.05, 0) is 23.8 Å². The largest absolute Gasteiger partial charge is 0.454 e. The van der Waals surface area contributed by atoms with Crippen molar-refractivity contribution in [3.8, 4) is 22.1 Å². The monoisotopic (exact) mass is 366 g/mol. The fraction of sp³-hybridized carbons (Fsp3) is 0.0556. The number of amides is 1. The van der Waals surface area contributed by atoms with Crippen molar-refractivity contribution >= 4 is 28.5 Å². The molecule has 1 aromatic heterocycles. The molecule has 1 aliphatic heterocycles. The normalized spacial score (nSPS) is 12.8. The van der Waals surface area contributed by atoms with Gasteiger partial charge in [-0.3, -0.25) is 10.1 Å². The van der Waals surface area contributed by atoms with Crippen LogP contribution in [0.4, 0.5) is 5.13 Å². The first kappa shape index (κ1) is 16.1. The maximum Gasteiger partial charge on any atom is 0.273 e. The SMILES string of the molecule is N/C(=C\c1ccc2c(c1)OCO2)C(=O)Nc1nnc(-c2ccccc2)s1. The van der Waals surface area contributed by atoms with Gasteiger partial charge < -0.3 is 15.2 Å². The molecule has 0 radical (unpaired) electrons. The Labute approximate surface area is 153 Å². The molecule has 3 aromatic rings. The van der Waals surface area contributed by atoms with Crippen LogP contribution in [0.5, 0.6) is 11.5 Å². The number of rotatable bonds is 4. The summed E-state index contributed by atoms with van der Waals surface area (Å²) in [7, 11) is 0. The number of hydrogen-bond acceptors (Lipinski definition) is 7. The van der Waals surface area contributed by atoms with Crippen LogP contribution >= 0.6 is 11.3 Å². The van der Waals surface area contributed by atoms with Crippen molar-refractivity contribution in [1.82, 2.24) is 10.2 Å². The first-order chi connectivity index (χ1) is 12.7. The van der Waals surface area contributed by atoms with Gasteiger partial charge in [0.1, 0.15) is 5.01 Å². The van der Waals surface area contributed by atoms with Crippen LogP contribution in [0.1, 0.15) is 5.56 Å². The summed E-state index contributed by atoms with van der Waals surface area (Å²) in [6.45, 7) is 0.194. The molecule has 2 aromatic carbocycles. The summed E-state index contributed by atoms with van der Waals surface area (Å²) in [5.41, 5.74) is 7.63. The second-order valence-electron chi connectivity index (χ2n) is 5.44. The minimum Gasteiger partial charge on any atom is -0.454 e. The van der Waals surface area contributed by atoms with Crippen molar-refractivity contribution in [3.63, 3.8) is 0 Å². The predicted octanol–water partition coefficient (Wildman–Crippen LogP) is 2.87. The van der Waals surface area contributed by atoms with Crippen molar-refractivity contribution < 1.29 is 14.3 Å². The molecule has 26 heavy (non-hydrogen) atoms. The van der Waals surface area contributed by atoms with Crippen molar-refractivity contribution in [2.75, 3.05) is 12.1 Å². The van der Waals surface area contributed by atoms with Crippen LogP contribution in [0.25, 0.3) is 16.6 Å². The van der Waals surface area contributed by atoms with Gasteiger partial charge >= 0.3 is 0 Å². The summed E-state index contributed by atoms with van der Waals surface area (Å²) in [6, 6.07) is 15.0. The smallest absolute Gasteiger partial charge is 0.273 e. The minimum absolute atomic E-state index is 0.0559. The molecule has 8 heteroatoms. The molecule has 4 rings (SSSR count). The second kappa shape index (κ2) is 6.85. The maximum absolute atomic E-state index is 12.3. The summed E-state index contributed by atoms with van der Waals surface area (Å²) in [5.74, 6) is 0.856. The molecule has 0 unspecified atom stereocenters. The summed E-state index contributed by atoms with van der Waals surface area (Å²) >= 11 is 1.28. The quantitative estimate of drug-likeness (QED) is 0.689. The van der Waals surface area contributed by atoms with Gasteiger partial charge in [-0.25, -0.2) is 0 Å². The Kier molecular flexibility index (Phi) is 4.24. The molecular formula is C18H14N4O3S. The molecule has 7 nitrogen and oxygen atoms in total. The number of carbonyl (C=O) groups is 1. The molecule has 1 aliphatic rings. The fourth-order valence-electron chi connectivity index (χ4n) is 2.39. The van der Waals surface area contributed by atoms with E-state index in [1.165, 1.54) is 11.3 Å². The topological polar surface area (TPSA) is 99.4 Å². The Bertz CT molecular complexity index is 985. The first-order valence-corrected chi connectivity index (χ1v) is 8.58. The molecule has 1 amide bonds. The van der Waals surface area contributed by atoms with Crippen LogP contribution in [-0.2, 0) is 4.79 Å². The molecule has 0 atom stereocenters. The van der Waals surface area contributed by atoms with E-state index >= 15 is 0 Å². The highest BCUT2D eigenvalue weighted by molar-refractivity contribution is 7.18. The molecule has 0 spiro atoms. The molecular weight excluding hydrogens is 352 g/mol. The highest BCUT2D eigenvalue weighted by Crippen LogP contribution is 2.33. The number of ether oxygens (including phenoxy) is 2. The standard InChI is InChI=1S/C18H14N4O3S/c19-13(8-11-6-7-14-15(9-11)25-10-24-14)16(23)20-18-22-21-17(26-18)12-4-2-1-3-5-12/h1-9H,10,19H2,(H,20,22,23)/b13-8-. The van der Waals surface area contributed by atoms with Gasteiger partial charge in [0.05, 0.1) is 5.70 Å². The Morgan fingerprint density at radius 2 is 1.92 bits per heavy atom. The van der Waals surface area contributed by atoms with E-state index in [1.807, 2.05) is 30.3 Å². The van der Waals surface area contributed by atoms with Crippen molar-refractivity contribution in [2.45, 2.75) is 0 Å². The van der Waals surface area contributed by atoms with Crippen LogP contribution in [-0.4, -0.2) is 22.9 Å². The molecule has 3 N–H and O–H groups in total. The van der Waals surface area contributed by atoms with Gasteiger partial charge in [-0.2, -0.15) is 0 Å². The van der Waals surface area contributed by atoms with Crippen LogP contribution in [0.3, 0.4) is 0 Å². The van der Waals surface area contributed by atoms with Gasteiger partial charge in [-0.1, -0.05) is 47.7 Å². The Hall–Kier alpha value is -3.39. The zero-order valence-electron chi connectivity index (χ0n) is 13.5. The Balaban J connectivity index is 1.47. The number of nitrogens with one attached hydrogen (secondary N) is 1. The van der Waals surface area contributed by atoms with Crippen LogP contribution < -0.4 is 20.5 Å². The highest BCUT2D eigenvalue weighted by Gasteiger charge is 2.14. The molecule has 2 heterocycles. The van der Waals surface area contributed by atoms with E-state index in [4.69, 9.17) is 15.2 Å². The van der Waals surface area contributed by atoms with Crippen molar-refractivity contribution in [2.24, 2.45) is 5.73 Å². The van der Waals surface area contributed by atoms with Gasteiger partial charge in [0.15, 0.2) is 11.5 Å². The third-order valence-corrected chi connectivity index (χ3v) is 4.53. The lowest BCUT2D eigenvalue weighted by Gasteiger charge is -2.02. The van der Waals surface area contributed by atoms with Gasteiger partial charge in [0.25, 0.3) is 5.91 Å². The maximum atomic E-state index is 12.3. The van der Waals surface area contributed by atoms with Gasteiger partial charge in [0, 0.05) is 5.56 Å². The van der Waals surface area contributed by atoms with E-state index < -0.39 is 5.91 Å². The summed E-state index contributed by atoms with van der Waals surface area (Å²) in [6.07, 6.45) is 1.57. The fourth-order valence-corrected chi connectivity index (χ4v) is 3.13. The summed E-state index contributed by atoms with van der Waals surface area (Å²) in [4.78, 5) is 12.3. The summed E-state index contributed by atoms with van der Waals surface area (Å²) in [5, 5.41) is 11.8. The van der Waals surface area contributed by atoms with Crippen molar-refractivity contribution in [3.05, 3.63) is 59.8 Å². The molecule has 0 aliphatic carbocycles. The zero-order chi connectivity index (χ0) is 17.9. The minimum atomic E-state index is -0.446. The van der Waals surface area contributed by atoms with Gasteiger partial charge in [0.2, 0.25) is 11.9 Å². The average Bonchev–Trinajstić information content (AvgIpc) is 3.31. The van der Waals surface area contributed by atoms with Gasteiger partial charge in [-0.15, -0.1) is 10.2 Å². The lowest BCUT2D eigenvalue weighted by molar-refractivity contribution is -0.112. The van der Waals surface area contributed by atoms with E-state index in [-0.39, 0.29) is 12.5 Å². The molecule has 0 saturated carbocycles. The number of hydrogen-bond donors (Lipinski definition) is 2. The third kappa shape index (κ3) is 3.35. The number of nitrogens with two attached hydrogens (primary N) is 1. The van der Waals surface area contributed by atoms with E-state index in [1.54, 1.807) is 24.3 Å². The van der Waals surface area contributed by atoms with Crippen molar-refractivity contribution in [1.29, 1.82) is 0 Å². The number of nitrogens with zero attached hydrogens (tertiary/aromatic N) is 2. The van der Waals surface area contributed by atoms with Crippen LogP contribution in [0.2, 0.25) is 0 Å². The lowest BCUT2D eigenvalue weighted by atomic mass is 10.1. The Morgan fingerprint density at radius 3 is 2.77 bits per heavy atom. The average molecular weight is 366 g/mol. The number of anilines is 1. The number of benzene rings is 2. The molecule has 0 fully saturated rings. The van der Waals surface area contributed by atoms with E-state index in [2.05, 4.69) is 15.5 Å². The van der Waals surface area contributed by atoms with E-state index in [0.717, 1.165) is 16.1 Å². The molecule has 0 bridgehead atoms. The lowest BCUT2D eigenvalue weighted by Crippen LogP contribution is -2.19. The third-order valence-electron chi connectivity index (χ3n) is 3.65. The highest BCUT2D eigenvalue weighted by atomic mass is 32.1. The van der Waals surface area contributed by atoms with E-state index in [9.17, 15) is 4.79 Å². The van der Waals surface area contributed by atoms with Crippen LogP contribution in [0.15, 0.2) is 54.2 Å². The Morgan fingerprint density at radius 1 is 1.12 bits per heavy atom. The second-order valence-corrected chi connectivity index (χ2v) is 6.42. The first-order valence-electron chi connectivity index (χ1n) is 7.76. The van der Waals surface area contributed by atoms with Crippen LogP contribution in [0, 0.1) is 0 Å².